The summed E-state index contributed by atoms with van der Waals surface area (Å²) in [6, 6.07) is 18.5. The number of halogens is 1. The molecular weight excluding hydrogens is 432 g/mol. The molecule has 0 spiro atoms. The zero-order valence-corrected chi connectivity index (χ0v) is 18.5. The Hall–Kier alpha value is -3.22. The summed E-state index contributed by atoms with van der Waals surface area (Å²) in [6.45, 7) is 3.93. The van der Waals surface area contributed by atoms with Crippen LogP contribution in [0.15, 0.2) is 87.8 Å². The van der Waals surface area contributed by atoms with Gasteiger partial charge in [0.25, 0.3) is 10.0 Å². The van der Waals surface area contributed by atoms with Crippen LogP contribution in [0.3, 0.4) is 0 Å². The van der Waals surface area contributed by atoms with Crippen LogP contribution in [-0.2, 0) is 10.0 Å². The summed E-state index contributed by atoms with van der Waals surface area (Å²) in [5.74, 6) is -0.224. The summed E-state index contributed by atoms with van der Waals surface area (Å²) in [5, 5.41) is 3.58. The second-order valence-corrected chi connectivity index (χ2v) is 9.32. The summed E-state index contributed by atoms with van der Waals surface area (Å²) < 4.78 is 29.8. The summed E-state index contributed by atoms with van der Waals surface area (Å²) in [5.41, 5.74) is 4.16. The van der Waals surface area contributed by atoms with Crippen LogP contribution in [0.5, 0.6) is 0 Å². The molecule has 3 aromatic rings. The third-order valence-corrected chi connectivity index (χ3v) is 6.51. The third-order valence-electron chi connectivity index (χ3n) is 4.95. The number of hydrogen-bond acceptors (Lipinski definition) is 4. The van der Waals surface area contributed by atoms with Crippen LogP contribution in [-0.4, -0.2) is 19.9 Å². The van der Waals surface area contributed by atoms with Gasteiger partial charge >= 0.3 is 0 Å². The fraction of sp³-hybridized carbons (Fsp3) is 0.0833. The van der Waals surface area contributed by atoms with Gasteiger partial charge in [0.2, 0.25) is 5.78 Å². The smallest absolute Gasteiger partial charge is 0.282 e. The molecule has 7 heteroatoms. The molecule has 3 aromatic carbocycles. The predicted octanol–water partition coefficient (Wildman–Crippen LogP) is 5.33. The van der Waals surface area contributed by atoms with Crippen molar-refractivity contribution in [1.82, 2.24) is 0 Å². The highest BCUT2D eigenvalue weighted by Gasteiger charge is 2.26. The maximum absolute atomic E-state index is 13.1. The number of ketones is 1. The Morgan fingerprint density at radius 1 is 0.903 bits per heavy atom. The average Bonchev–Trinajstić information content (AvgIpc) is 2.73. The van der Waals surface area contributed by atoms with Gasteiger partial charge in [-0.15, -0.1) is 0 Å². The van der Waals surface area contributed by atoms with Crippen LogP contribution in [0, 0.1) is 13.8 Å². The molecule has 5 nitrogen and oxygen atoms in total. The number of sulfonamides is 1. The molecule has 1 aliphatic rings. The molecule has 0 fully saturated rings. The molecule has 0 saturated carbocycles. The molecule has 0 heterocycles. The number of aryl methyl sites for hydroxylation is 2. The number of Topliss-reactive ketones (excluding diaryl/α,β-unsaturated/α-hetero) is 1. The Kier molecular flexibility index (Phi) is 5.52. The van der Waals surface area contributed by atoms with E-state index in [9.17, 15) is 13.2 Å². The molecule has 0 amide bonds. The van der Waals surface area contributed by atoms with Gasteiger partial charge < -0.3 is 5.32 Å². The number of hydrogen-bond donors (Lipinski definition) is 1. The van der Waals surface area contributed by atoms with Crippen molar-refractivity contribution < 1.29 is 13.2 Å². The van der Waals surface area contributed by atoms with Crippen molar-refractivity contribution in [3.63, 3.8) is 0 Å². The van der Waals surface area contributed by atoms with E-state index in [0.717, 1.165) is 16.8 Å². The van der Waals surface area contributed by atoms with E-state index in [2.05, 4.69) is 9.71 Å². The third kappa shape index (κ3) is 4.31. The molecule has 31 heavy (non-hydrogen) atoms. The minimum atomic E-state index is -4.00. The van der Waals surface area contributed by atoms with Gasteiger partial charge in [-0.05, 0) is 55.8 Å². The topological polar surface area (TPSA) is 75.6 Å². The molecule has 1 aliphatic carbocycles. The molecule has 1 N–H and O–H groups in total. The summed E-state index contributed by atoms with van der Waals surface area (Å²) in [6.07, 6.45) is 1.48. The Morgan fingerprint density at radius 2 is 1.58 bits per heavy atom. The van der Waals surface area contributed by atoms with Gasteiger partial charge in [0, 0.05) is 21.8 Å². The first-order valence-electron chi connectivity index (χ1n) is 9.55. The summed E-state index contributed by atoms with van der Waals surface area (Å²) in [4.78, 5) is 13.1. The van der Waals surface area contributed by atoms with Gasteiger partial charge in [-0.2, -0.15) is 12.8 Å². The molecular formula is C24H19ClN2O3S. The number of rotatable bonds is 4. The van der Waals surface area contributed by atoms with Crippen molar-refractivity contribution in [3.8, 4) is 0 Å². The van der Waals surface area contributed by atoms with E-state index in [1.807, 2.05) is 32.0 Å². The molecule has 0 aliphatic heterocycles. The SMILES string of the molecule is Cc1ccc(NC2=C/C(=N\S(=O)(=O)c3ccc(Cl)cc3)c3ccccc3C2=O)c(C)c1. The lowest BCUT2D eigenvalue weighted by Gasteiger charge is -2.19. The largest absolute Gasteiger partial charge is 0.352 e. The molecule has 0 aromatic heterocycles. The van der Waals surface area contributed by atoms with Crippen LogP contribution < -0.4 is 5.32 Å². The normalized spacial score (nSPS) is 14.9. The quantitative estimate of drug-likeness (QED) is 0.583. The maximum Gasteiger partial charge on any atom is 0.282 e. The van der Waals surface area contributed by atoms with Crippen molar-refractivity contribution in [2.75, 3.05) is 5.32 Å². The molecule has 0 unspecified atom stereocenters. The number of nitrogens with zero attached hydrogens (tertiary/aromatic N) is 1. The molecule has 0 atom stereocenters. The van der Waals surface area contributed by atoms with Crippen LogP contribution in [0.2, 0.25) is 5.02 Å². The molecule has 156 valence electrons. The molecule has 0 radical (unpaired) electrons. The number of fused-ring (bicyclic) bond motifs is 1. The maximum atomic E-state index is 13.1. The first-order valence-corrected chi connectivity index (χ1v) is 11.4. The van der Waals surface area contributed by atoms with Gasteiger partial charge in [-0.25, -0.2) is 0 Å². The number of carbonyl (C=O) groups excluding carboxylic acids is 1. The minimum Gasteiger partial charge on any atom is -0.352 e. The van der Waals surface area contributed by atoms with Crippen molar-refractivity contribution >= 4 is 38.8 Å². The Balaban J connectivity index is 1.82. The fourth-order valence-electron chi connectivity index (χ4n) is 3.39. The number of anilines is 1. The van der Waals surface area contributed by atoms with E-state index in [4.69, 9.17) is 11.6 Å². The number of allylic oxidation sites excluding steroid dienone is 2. The Bertz CT molecular complexity index is 1360. The van der Waals surface area contributed by atoms with Crippen molar-refractivity contribution in [2.24, 2.45) is 4.40 Å². The lowest BCUT2D eigenvalue weighted by atomic mass is 9.92. The van der Waals surface area contributed by atoms with Gasteiger partial charge in [-0.1, -0.05) is 53.6 Å². The van der Waals surface area contributed by atoms with Gasteiger partial charge in [-0.3, -0.25) is 4.79 Å². The fourth-order valence-corrected chi connectivity index (χ4v) is 4.51. The highest BCUT2D eigenvalue weighted by atomic mass is 35.5. The summed E-state index contributed by atoms with van der Waals surface area (Å²) in [7, 11) is -4.00. The van der Waals surface area contributed by atoms with Crippen molar-refractivity contribution in [3.05, 3.63) is 106 Å². The lowest BCUT2D eigenvalue weighted by Crippen LogP contribution is -2.23. The zero-order valence-electron chi connectivity index (χ0n) is 16.9. The molecule has 0 saturated heterocycles. The van der Waals surface area contributed by atoms with E-state index >= 15 is 0 Å². The molecule has 4 rings (SSSR count). The second-order valence-electron chi connectivity index (χ2n) is 7.28. The van der Waals surface area contributed by atoms with E-state index in [1.54, 1.807) is 24.3 Å². The van der Waals surface area contributed by atoms with Crippen molar-refractivity contribution in [2.45, 2.75) is 18.7 Å². The highest BCUT2D eigenvalue weighted by Crippen LogP contribution is 2.26. The number of benzene rings is 3. The zero-order chi connectivity index (χ0) is 22.2. The standard InChI is InChI=1S/C24H19ClN2O3S/c1-15-7-12-21(16(2)13-15)26-23-14-22(19-5-3-4-6-20(19)24(23)28)27-31(29,30)18-10-8-17(25)9-11-18/h3-14,26H,1-2H3/b27-22+. The monoisotopic (exact) mass is 450 g/mol. The number of nitrogens with one attached hydrogen (secondary N) is 1. The highest BCUT2D eigenvalue weighted by molar-refractivity contribution is 7.90. The lowest BCUT2D eigenvalue weighted by molar-refractivity contribution is 0.103. The second kappa shape index (κ2) is 8.13. The van der Waals surface area contributed by atoms with Gasteiger partial charge in [0.15, 0.2) is 0 Å². The van der Waals surface area contributed by atoms with Crippen LogP contribution in [0.25, 0.3) is 0 Å². The Morgan fingerprint density at radius 3 is 2.26 bits per heavy atom. The van der Waals surface area contributed by atoms with E-state index in [-0.39, 0.29) is 22.1 Å². The van der Waals surface area contributed by atoms with Gasteiger partial charge in [0.05, 0.1) is 16.3 Å². The predicted molar refractivity (Wildman–Crippen MR) is 124 cm³/mol. The minimum absolute atomic E-state index is 0.0241. The first kappa shape index (κ1) is 21.0. The van der Waals surface area contributed by atoms with E-state index < -0.39 is 10.0 Å². The average molecular weight is 451 g/mol. The summed E-state index contributed by atoms with van der Waals surface area (Å²) >= 11 is 5.87. The molecule has 0 bridgehead atoms. The van der Waals surface area contributed by atoms with Crippen LogP contribution in [0.1, 0.15) is 27.0 Å². The van der Waals surface area contributed by atoms with E-state index in [0.29, 0.717) is 16.1 Å². The van der Waals surface area contributed by atoms with E-state index in [1.165, 1.54) is 30.3 Å². The van der Waals surface area contributed by atoms with Crippen LogP contribution in [0.4, 0.5) is 5.69 Å². The van der Waals surface area contributed by atoms with Crippen LogP contribution >= 0.6 is 11.6 Å². The van der Waals surface area contributed by atoms with Gasteiger partial charge in [0.1, 0.15) is 0 Å². The Labute approximate surface area is 186 Å². The first-order chi connectivity index (χ1) is 14.7. The number of carbonyl (C=O) groups is 1. The van der Waals surface area contributed by atoms with Crippen molar-refractivity contribution in [1.29, 1.82) is 0 Å².